The lowest BCUT2D eigenvalue weighted by molar-refractivity contribution is 0.625. The minimum absolute atomic E-state index is 0.116. The Hall–Kier alpha value is -0.520. The van der Waals surface area contributed by atoms with Gasteiger partial charge in [-0.2, -0.15) is 0 Å². The van der Waals surface area contributed by atoms with Gasteiger partial charge in [-0.15, -0.1) is 0 Å². The largest absolute Gasteiger partial charge is 0.204 e. The number of hydrogen-bond donors (Lipinski definition) is 0. The highest BCUT2D eigenvalue weighted by Crippen LogP contribution is 2.16. The molecule has 0 atom stereocenters. The van der Waals surface area contributed by atoms with Crippen molar-refractivity contribution in [3.63, 3.8) is 0 Å². The van der Waals surface area contributed by atoms with E-state index in [4.69, 9.17) is 11.6 Å². The summed E-state index contributed by atoms with van der Waals surface area (Å²) in [6.45, 7) is 0. The summed E-state index contributed by atoms with van der Waals surface area (Å²) in [4.78, 5) is 0. The third kappa shape index (κ3) is 3.02. The lowest BCUT2D eigenvalue weighted by Gasteiger charge is -1.95. The summed E-state index contributed by atoms with van der Waals surface area (Å²) in [5.41, 5.74) is 0.355. The average molecular weight is 262 g/mol. The Labute approximate surface area is 90.2 Å². The molecule has 0 unspecified atom stereocenters. The Kier molecular flexibility index (Phi) is 4.27. The van der Waals surface area contributed by atoms with Crippen molar-refractivity contribution < 1.29 is 4.39 Å². The van der Waals surface area contributed by atoms with Crippen LogP contribution in [0.4, 0.5) is 4.39 Å². The standard InChI is InChI=1S/C10H7BrClF/c11-7-2-1-4-8-5-3-6-9(12)10(8)13/h3,5-6H,2,7H2. The summed E-state index contributed by atoms with van der Waals surface area (Å²) >= 11 is 8.81. The molecular formula is C10H7BrClF. The second-order valence-electron chi connectivity index (χ2n) is 2.34. The van der Waals surface area contributed by atoms with Crippen LogP contribution < -0.4 is 0 Å². The number of halogens is 3. The lowest BCUT2D eigenvalue weighted by atomic mass is 10.2. The van der Waals surface area contributed by atoms with Crippen LogP contribution in [-0.4, -0.2) is 5.33 Å². The summed E-state index contributed by atoms with van der Waals surface area (Å²) in [6.07, 6.45) is 0.700. The van der Waals surface area contributed by atoms with Crippen molar-refractivity contribution in [2.75, 3.05) is 5.33 Å². The van der Waals surface area contributed by atoms with E-state index in [1.165, 1.54) is 6.07 Å². The van der Waals surface area contributed by atoms with Crippen LogP contribution in [0.3, 0.4) is 0 Å². The predicted octanol–water partition coefficient (Wildman–Crippen LogP) is 3.62. The van der Waals surface area contributed by atoms with Crippen molar-refractivity contribution in [3.05, 3.63) is 34.6 Å². The number of benzene rings is 1. The van der Waals surface area contributed by atoms with E-state index in [0.29, 0.717) is 12.0 Å². The second kappa shape index (κ2) is 5.26. The summed E-state index contributed by atoms with van der Waals surface area (Å²) in [5, 5.41) is 0.910. The fraction of sp³-hybridized carbons (Fsp3) is 0.200. The quantitative estimate of drug-likeness (QED) is 0.535. The van der Waals surface area contributed by atoms with Gasteiger partial charge in [0.15, 0.2) is 5.82 Å². The van der Waals surface area contributed by atoms with Gasteiger partial charge in [0.25, 0.3) is 0 Å². The van der Waals surface area contributed by atoms with E-state index in [0.717, 1.165) is 5.33 Å². The van der Waals surface area contributed by atoms with Gasteiger partial charge in [0, 0.05) is 11.8 Å². The first kappa shape index (κ1) is 10.6. The third-order valence-corrected chi connectivity index (χ3v) is 2.08. The molecule has 0 bridgehead atoms. The highest BCUT2D eigenvalue weighted by atomic mass is 79.9. The molecule has 0 fully saturated rings. The first-order valence-electron chi connectivity index (χ1n) is 3.74. The van der Waals surface area contributed by atoms with E-state index in [9.17, 15) is 4.39 Å². The smallest absolute Gasteiger partial charge is 0.157 e. The van der Waals surface area contributed by atoms with Gasteiger partial charge >= 0.3 is 0 Å². The third-order valence-electron chi connectivity index (χ3n) is 1.39. The van der Waals surface area contributed by atoms with Crippen molar-refractivity contribution in [2.45, 2.75) is 6.42 Å². The molecule has 0 amide bonds. The van der Waals surface area contributed by atoms with Gasteiger partial charge in [-0.1, -0.05) is 45.4 Å². The van der Waals surface area contributed by atoms with Crippen LogP contribution in [0.5, 0.6) is 0 Å². The lowest BCUT2D eigenvalue weighted by Crippen LogP contribution is -1.83. The van der Waals surface area contributed by atoms with Gasteiger partial charge in [0.05, 0.1) is 10.6 Å². The molecule has 0 saturated carbocycles. The average Bonchev–Trinajstić information content (AvgIpc) is 2.13. The molecule has 0 heterocycles. The van der Waals surface area contributed by atoms with E-state index in [1.54, 1.807) is 12.1 Å². The zero-order valence-corrected chi connectivity index (χ0v) is 9.12. The van der Waals surface area contributed by atoms with E-state index in [-0.39, 0.29) is 5.02 Å². The van der Waals surface area contributed by atoms with Gasteiger partial charge in [-0.25, -0.2) is 4.39 Å². The van der Waals surface area contributed by atoms with Gasteiger partial charge in [-0.05, 0) is 12.1 Å². The van der Waals surface area contributed by atoms with E-state index in [1.807, 2.05) is 0 Å². The Bertz CT molecular complexity index is 352. The van der Waals surface area contributed by atoms with Crippen LogP contribution >= 0.6 is 27.5 Å². The molecule has 1 rings (SSSR count). The zero-order valence-electron chi connectivity index (χ0n) is 6.78. The second-order valence-corrected chi connectivity index (χ2v) is 3.54. The minimum Gasteiger partial charge on any atom is -0.204 e. The van der Waals surface area contributed by atoms with Crippen LogP contribution in [0.15, 0.2) is 18.2 Å². The molecule has 0 aliphatic carbocycles. The van der Waals surface area contributed by atoms with Crippen LogP contribution in [0, 0.1) is 17.7 Å². The highest BCUT2D eigenvalue weighted by molar-refractivity contribution is 9.09. The summed E-state index contributed by atoms with van der Waals surface area (Å²) < 4.78 is 13.2. The summed E-state index contributed by atoms with van der Waals surface area (Å²) in [7, 11) is 0. The maximum absolute atomic E-state index is 13.2. The first-order valence-corrected chi connectivity index (χ1v) is 5.24. The number of rotatable bonds is 1. The first-order chi connectivity index (χ1) is 6.25. The molecule has 0 aromatic heterocycles. The molecule has 0 aliphatic rings. The minimum atomic E-state index is -0.439. The van der Waals surface area contributed by atoms with Gasteiger partial charge in [-0.3, -0.25) is 0 Å². The molecule has 1 aromatic carbocycles. The van der Waals surface area contributed by atoms with Crippen LogP contribution in [0.2, 0.25) is 5.02 Å². The maximum Gasteiger partial charge on any atom is 0.157 e. The highest BCUT2D eigenvalue weighted by Gasteiger charge is 2.02. The van der Waals surface area contributed by atoms with Crippen molar-refractivity contribution >= 4 is 27.5 Å². The molecule has 3 heteroatoms. The molecule has 13 heavy (non-hydrogen) atoms. The topological polar surface area (TPSA) is 0 Å². The monoisotopic (exact) mass is 260 g/mol. The molecule has 0 radical (unpaired) electrons. The summed E-state index contributed by atoms with van der Waals surface area (Å²) in [5.74, 6) is 5.10. The molecule has 0 nitrogen and oxygen atoms in total. The van der Waals surface area contributed by atoms with Crippen molar-refractivity contribution in [3.8, 4) is 11.8 Å². The fourth-order valence-corrected chi connectivity index (χ4v) is 1.18. The number of hydrogen-bond acceptors (Lipinski definition) is 0. The van der Waals surface area contributed by atoms with E-state index < -0.39 is 5.82 Å². The van der Waals surface area contributed by atoms with Crippen LogP contribution in [0.1, 0.15) is 12.0 Å². The molecule has 0 spiro atoms. The fourth-order valence-electron chi connectivity index (χ4n) is 0.805. The Morgan fingerprint density at radius 2 is 2.23 bits per heavy atom. The van der Waals surface area contributed by atoms with Crippen molar-refractivity contribution in [1.82, 2.24) is 0 Å². The van der Waals surface area contributed by atoms with Gasteiger partial charge in [0.2, 0.25) is 0 Å². The predicted molar refractivity (Wildman–Crippen MR) is 56.7 cm³/mol. The van der Waals surface area contributed by atoms with Crippen molar-refractivity contribution in [1.29, 1.82) is 0 Å². The van der Waals surface area contributed by atoms with Gasteiger partial charge in [0.1, 0.15) is 0 Å². The molecule has 1 aromatic rings. The maximum atomic E-state index is 13.2. The summed E-state index contributed by atoms with van der Waals surface area (Å²) in [6, 6.07) is 4.80. The Morgan fingerprint density at radius 3 is 2.92 bits per heavy atom. The SMILES string of the molecule is Fc1c(Cl)cccc1C#CCCBr. The molecule has 0 N–H and O–H groups in total. The van der Waals surface area contributed by atoms with E-state index in [2.05, 4.69) is 27.8 Å². The molecule has 68 valence electrons. The van der Waals surface area contributed by atoms with Crippen LogP contribution in [-0.2, 0) is 0 Å². The van der Waals surface area contributed by atoms with E-state index >= 15 is 0 Å². The van der Waals surface area contributed by atoms with Crippen LogP contribution in [0.25, 0.3) is 0 Å². The van der Waals surface area contributed by atoms with Crippen molar-refractivity contribution in [2.24, 2.45) is 0 Å². The Balaban J connectivity index is 2.91. The zero-order chi connectivity index (χ0) is 9.68. The number of alkyl halides is 1. The Morgan fingerprint density at radius 1 is 1.46 bits per heavy atom. The molecule has 0 aliphatic heterocycles. The normalized spacial score (nSPS) is 9.15. The molecular weight excluding hydrogens is 254 g/mol. The van der Waals surface area contributed by atoms with Gasteiger partial charge < -0.3 is 0 Å². The molecule has 0 saturated heterocycles.